The molecule has 0 saturated carbocycles. The van der Waals surface area contributed by atoms with Gasteiger partial charge in [0.05, 0.1) is 0 Å². The summed E-state index contributed by atoms with van der Waals surface area (Å²) in [5.74, 6) is 0.792. The topological polar surface area (TPSA) is 15.3 Å². The average molecular weight is 281 g/mol. The molecule has 2 rings (SSSR count). The van der Waals surface area contributed by atoms with Gasteiger partial charge in [-0.3, -0.25) is 4.90 Å². The number of benzene rings is 1. The average Bonchev–Trinajstić information content (AvgIpc) is 2.43. The molecule has 2 atom stereocenters. The van der Waals surface area contributed by atoms with Crippen LogP contribution in [0.25, 0.3) is 0 Å². The van der Waals surface area contributed by atoms with Gasteiger partial charge < -0.3 is 5.32 Å². The van der Waals surface area contributed by atoms with Crippen LogP contribution in [0.2, 0.25) is 5.02 Å². The Balaban J connectivity index is 2.06. The SMILES string of the molecule is CCC(c1ccc(Cl)cc1)N1CCCC(CNC)C1. The van der Waals surface area contributed by atoms with Crippen LogP contribution in [0.5, 0.6) is 0 Å². The van der Waals surface area contributed by atoms with Crippen LogP contribution in [-0.4, -0.2) is 31.6 Å². The van der Waals surface area contributed by atoms with Crippen molar-refractivity contribution in [3.8, 4) is 0 Å². The van der Waals surface area contributed by atoms with Gasteiger partial charge in [0.25, 0.3) is 0 Å². The number of rotatable bonds is 5. The molecular formula is C16H25ClN2. The molecular weight excluding hydrogens is 256 g/mol. The first kappa shape index (κ1) is 14.8. The first-order chi connectivity index (χ1) is 9.24. The number of piperidine rings is 1. The fraction of sp³-hybridized carbons (Fsp3) is 0.625. The zero-order valence-electron chi connectivity index (χ0n) is 12.0. The van der Waals surface area contributed by atoms with E-state index in [9.17, 15) is 0 Å². The Morgan fingerprint density at radius 1 is 1.37 bits per heavy atom. The number of nitrogens with zero attached hydrogens (tertiary/aromatic N) is 1. The molecule has 0 aromatic heterocycles. The van der Waals surface area contributed by atoms with Crippen LogP contribution in [0.15, 0.2) is 24.3 Å². The molecule has 1 aliphatic rings. The van der Waals surface area contributed by atoms with Crippen LogP contribution in [0.3, 0.4) is 0 Å². The van der Waals surface area contributed by atoms with E-state index in [-0.39, 0.29) is 0 Å². The Kier molecular flexibility index (Phi) is 5.68. The lowest BCUT2D eigenvalue weighted by molar-refractivity contribution is 0.119. The van der Waals surface area contributed by atoms with Crippen LogP contribution in [0, 0.1) is 5.92 Å². The van der Waals surface area contributed by atoms with E-state index >= 15 is 0 Å². The van der Waals surface area contributed by atoms with Gasteiger partial charge in [-0.05, 0) is 63.0 Å². The van der Waals surface area contributed by atoms with E-state index in [0.717, 1.165) is 23.9 Å². The summed E-state index contributed by atoms with van der Waals surface area (Å²) in [6, 6.07) is 8.91. The highest BCUT2D eigenvalue weighted by Gasteiger charge is 2.25. The molecule has 19 heavy (non-hydrogen) atoms. The Labute approximate surface area is 122 Å². The van der Waals surface area contributed by atoms with Crippen molar-refractivity contribution in [2.24, 2.45) is 5.92 Å². The van der Waals surface area contributed by atoms with Crippen molar-refractivity contribution in [2.45, 2.75) is 32.2 Å². The molecule has 106 valence electrons. The first-order valence-corrected chi connectivity index (χ1v) is 7.76. The summed E-state index contributed by atoms with van der Waals surface area (Å²) in [6.07, 6.45) is 3.83. The molecule has 1 heterocycles. The molecule has 1 N–H and O–H groups in total. The second kappa shape index (κ2) is 7.28. The summed E-state index contributed by atoms with van der Waals surface area (Å²) >= 11 is 5.99. The first-order valence-electron chi connectivity index (χ1n) is 7.38. The van der Waals surface area contributed by atoms with Crippen molar-refractivity contribution in [1.29, 1.82) is 0 Å². The Morgan fingerprint density at radius 2 is 2.11 bits per heavy atom. The van der Waals surface area contributed by atoms with Gasteiger partial charge in [-0.2, -0.15) is 0 Å². The van der Waals surface area contributed by atoms with E-state index in [0.29, 0.717) is 6.04 Å². The summed E-state index contributed by atoms with van der Waals surface area (Å²) < 4.78 is 0. The second-order valence-electron chi connectivity index (χ2n) is 5.54. The maximum atomic E-state index is 5.99. The lowest BCUT2D eigenvalue weighted by Gasteiger charge is -2.38. The second-order valence-corrected chi connectivity index (χ2v) is 5.97. The monoisotopic (exact) mass is 280 g/mol. The molecule has 2 unspecified atom stereocenters. The van der Waals surface area contributed by atoms with Gasteiger partial charge in [0.1, 0.15) is 0 Å². The molecule has 1 fully saturated rings. The lowest BCUT2D eigenvalue weighted by atomic mass is 9.94. The molecule has 1 saturated heterocycles. The summed E-state index contributed by atoms with van der Waals surface area (Å²) in [6.45, 7) is 5.85. The van der Waals surface area contributed by atoms with E-state index in [2.05, 4.69) is 36.3 Å². The van der Waals surface area contributed by atoms with E-state index < -0.39 is 0 Å². The van der Waals surface area contributed by atoms with E-state index in [1.165, 1.54) is 31.5 Å². The predicted octanol–water partition coefficient (Wildman–Crippen LogP) is 3.72. The maximum absolute atomic E-state index is 5.99. The molecule has 0 radical (unpaired) electrons. The highest BCUT2D eigenvalue weighted by Crippen LogP contribution is 2.29. The van der Waals surface area contributed by atoms with Crippen LogP contribution in [0.1, 0.15) is 37.8 Å². The van der Waals surface area contributed by atoms with Gasteiger partial charge in [0, 0.05) is 17.6 Å². The minimum atomic E-state index is 0.539. The fourth-order valence-corrected chi connectivity index (χ4v) is 3.35. The molecule has 2 nitrogen and oxygen atoms in total. The zero-order chi connectivity index (χ0) is 13.7. The molecule has 3 heteroatoms. The van der Waals surface area contributed by atoms with Crippen LogP contribution in [0.4, 0.5) is 0 Å². The van der Waals surface area contributed by atoms with Gasteiger partial charge in [-0.25, -0.2) is 0 Å². The Morgan fingerprint density at radius 3 is 2.74 bits per heavy atom. The summed E-state index contributed by atoms with van der Waals surface area (Å²) in [7, 11) is 2.05. The molecule has 0 bridgehead atoms. The van der Waals surface area contributed by atoms with Gasteiger partial charge in [-0.15, -0.1) is 0 Å². The number of likely N-dealkylation sites (tertiary alicyclic amines) is 1. The van der Waals surface area contributed by atoms with Crippen molar-refractivity contribution in [3.63, 3.8) is 0 Å². The van der Waals surface area contributed by atoms with Gasteiger partial charge in [-0.1, -0.05) is 30.7 Å². The highest BCUT2D eigenvalue weighted by molar-refractivity contribution is 6.30. The quantitative estimate of drug-likeness (QED) is 0.884. The van der Waals surface area contributed by atoms with Gasteiger partial charge >= 0.3 is 0 Å². The third-order valence-electron chi connectivity index (χ3n) is 4.13. The molecule has 0 amide bonds. The van der Waals surface area contributed by atoms with Gasteiger partial charge in [0.2, 0.25) is 0 Å². The lowest BCUT2D eigenvalue weighted by Crippen LogP contribution is -2.41. The van der Waals surface area contributed by atoms with Gasteiger partial charge in [0.15, 0.2) is 0 Å². The maximum Gasteiger partial charge on any atom is 0.0406 e. The van der Waals surface area contributed by atoms with E-state index in [1.54, 1.807) is 0 Å². The summed E-state index contributed by atoms with van der Waals surface area (Å²) in [5.41, 5.74) is 1.40. The summed E-state index contributed by atoms with van der Waals surface area (Å²) in [4.78, 5) is 2.65. The van der Waals surface area contributed by atoms with Crippen LogP contribution < -0.4 is 5.32 Å². The molecule has 1 aromatic carbocycles. The predicted molar refractivity (Wildman–Crippen MR) is 82.7 cm³/mol. The number of nitrogens with one attached hydrogen (secondary N) is 1. The highest BCUT2D eigenvalue weighted by atomic mass is 35.5. The smallest absolute Gasteiger partial charge is 0.0406 e. The van der Waals surface area contributed by atoms with Crippen molar-refractivity contribution in [2.75, 3.05) is 26.7 Å². The molecule has 0 spiro atoms. The summed E-state index contributed by atoms with van der Waals surface area (Å²) in [5, 5.41) is 4.14. The van der Waals surface area contributed by atoms with Crippen molar-refractivity contribution < 1.29 is 0 Å². The van der Waals surface area contributed by atoms with Crippen LogP contribution in [-0.2, 0) is 0 Å². The largest absolute Gasteiger partial charge is 0.319 e. The van der Waals surface area contributed by atoms with E-state index in [4.69, 9.17) is 11.6 Å². The van der Waals surface area contributed by atoms with Crippen molar-refractivity contribution in [1.82, 2.24) is 10.2 Å². The third-order valence-corrected chi connectivity index (χ3v) is 4.38. The van der Waals surface area contributed by atoms with Crippen LogP contribution >= 0.6 is 11.6 Å². The molecule has 1 aliphatic heterocycles. The standard InChI is InChI=1S/C16H25ClN2/c1-3-16(14-6-8-15(17)9-7-14)19-10-4-5-13(12-19)11-18-2/h6-9,13,16,18H,3-5,10-12H2,1-2H3. The number of hydrogen-bond acceptors (Lipinski definition) is 2. The zero-order valence-corrected chi connectivity index (χ0v) is 12.8. The minimum absolute atomic E-state index is 0.539. The van der Waals surface area contributed by atoms with Crippen molar-refractivity contribution >= 4 is 11.6 Å². The Hall–Kier alpha value is -0.570. The minimum Gasteiger partial charge on any atom is -0.319 e. The fourth-order valence-electron chi connectivity index (χ4n) is 3.23. The normalized spacial score (nSPS) is 22.4. The molecule has 0 aliphatic carbocycles. The number of halogens is 1. The van der Waals surface area contributed by atoms with Crippen molar-refractivity contribution in [3.05, 3.63) is 34.9 Å². The van der Waals surface area contributed by atoms with E-state index in [1.807, 2.05) is 12.1 Å². The number of hydrogen-bond donors (Lipinski definition) is 1. The Bertz CT molecular complexity index is 375. The third kappa shape index (κ3) is 3.95. The molecule has 1 aromatic rings.